The molecule has 0 spiro atoms. The van der Waals surface area contributed by atoms with Crippen LogP contribution in [0.1, 0.15) is 23.0 Å². The fraction of sp³-hybridized carbons (Fsp3) is 0.174. The molecule has 1 aliphatic rings. The van der Waals surface area contributed by atoms with Gasteiger partial charge in [-0.25, -0.2) is 0 Å². The number of nitrogens with one attached hydrogen (secondary N) is 3. The van der Waals surface area contributed by atoms with Crippen LogP contribution in [-0.2, 0) is 16.1 Å². The van der Waals surface area contributed by atoms with E-state index in [1.165, 1.54) is 11.8 Å². The molecule has 0 bridgehead atoms. The number of rotatable bonds is 7. The highest BCUT2D eigenvalue weighted by atomic mass is 32.2. The number of carbonyl (C=O) groups excluding carboxylic acids is 3. The quantitative estimate of drug-likeness (QED) is 0.473. The summed E-state index contributed by atoms with van der Waals surface area (Å²) >= 11 is 1.27. The maximum absolute atomic E-state index is 12.9. The van der Waals surface area contributed by atoms with Gasteiger partial charge in [0.2, 0.25) is 5.91 Å². The highest BCUT2D eigenvalue weighted by molar-refractivity contribution is 8.00. The predicted molar refractivity (Wildman–Crippen MR) is 121 cm³/mol. The van der Waals surface area contributed by atoms with Crippen LogP contribution >= 0.6 is 11.8 Å². The lowest BCUT2D eigenvalue weighted by Gasteiger charge is -2.23. The first-order chi connectivity index (χ1) is 15.5. The molecule has 0 fully saturated rings. The molecule has 2 aromatic carbocycles. The van der Waals surface area contributed by atoms with Crippen LogP contribution in [-0.4, -0.2) is 29.6 Å². The third-order valence-electron chi connectivity index (χ3n) is 4.70. The van der Waals surface area contributed by atoms with Gasteiger partial charge in [0, 0.05) is 10.6 Å². The summed E-state index contributed by atoms with van der Waals surface area (Å²) < 4.78 is 10.7. The van der Waals surface area contributed by atoms with Gasteiger partial charge in [-0.2, -0.15) is 0 Å². The maximum Gasteiger partial charge on any atom is 0.265 e. The van der Waals surface area contributed by atoms with Gasteiger partial charge in [-0.05, 0) is 49.4 Å². The molecule has 1 aromatic heterocycles. The van der Waals surface area contributed by atoms with Crippen LogP contribution in [0.25, 0.3) is 0 Å². The van der Waals surface area contributed by atoms with Crippen molar-refractivity contribution in [1.82, 2.24) is 5.32 Å². The van der Waals surface area contributed by atoms with Gasteiger partial charge in [-0.1, -0.05) is 12.1 Å². The van der Waals surface area contributed by atoms with E-state index in [0.717, 1.165) is 0 Å². The fourth-order valence-electron chi connectivity index (χ4n) is 3.06. The van der Waals surface area contributed by atoms with Crippen LogP contribution in [0, 0.1) is 0 Å². The molecule has 1 aliphatic heterocycles. The Hall–Kier alpha value is -3.72. The Kier molecular flexibility index (Phi) is 6.46. The molecule has 0 saturated heterocycles. The van der Waals surface area contributed by atoms with Gasteiger partial charge in [-0.15, -0.1) is 11.8 Å². The van der Waals surface area contributed by atoms with Crippen LogP contribution in [0.2, 0.25) is 0 Å². The molecule has 2 heterocycles. The molecule has 0 saturated carbocycles. The molecular formula is C23H21N3O5S. The third-order valence-corrected chi connectivity index (χ3v) is 5.77. The Bertz CT molecular complexity index is 1150. The first-order valence-electron chi connectivity index (χ1n) is 9.93. The summed E-state index contributed by atoms with van der Waals surface area (Å²) in [4.78, 5) is 37.6. The van der Waals surface area contributed by atoms with E-state index in [0.29, 0.717) is 39.9 Å². The smallest absolute Gasteiger partial charge is 0.265 e. The minimum Gasteiger partial charge on any atom is -0.479 e. The van der Waals surface area contributed by atoms with E-state index < -0.39 is 6.10 Å². The van der Waals surface area contributed by atoms with E-state index in [4.69, 9.17) is 9.15 Å². The van der Waals surface area contributed by atoms with Crippen LogP contribution in [0.5, 0.6) is 5.75 Å². The summed E-state index contributed by atoms with van der Waals surface area (Å²) in [6, 6.07) is 15.7. The lowest BCUT2D eigenvalue weighted by Crippen LogP contribution is -2.34. The number of benzene rings is 2. The Balaban J connectivity index is 1.39. The molecular weight excluding hydrogens is 430 g/mol. The van der Waals surface area contributed by atoms with Crippen molar-refractivity contribution in [3.63, 3.8) is 0 Å². The maximum atomic E-state index is 12.9. The van der Waals surface area contributed by atoms with Crippen molar-refractivity contribution >= 4 is 40.9 Å². The molecule has 164 valence electrons. The Morgan fingerprint density at radius 2 is 1.97 bits per heavy atom. The summed E-state index contributed by atoms with van der Waals surface area (Å²) in [6.07, 6.45) is 0.984. The predicted octanol–water partition coefficient (Wildman–Crippen LogP) is 3.66. The van der Waals surface area contributed by atoms with Crippen molar-refractivity contribution in [2.75, 3.05) is 16.4 Å². The Morgan fingerprint density at radius 1 is 1.12 bits per heavy atom. The number of hydrogen-bond donors (Lipinski definition) is 3. The monoisotopic (exact) mass is 451 g/mol. The average Bonchev–Trinajstić information content (AvgIpc) is 3.31. The van der Waals surface area contributed by atoms with Crippen LogP contribution < -0.4 is 20.7 Å². The number of ether oxygens (including phenoxy) is 1. The third kappa shape index (κ3) is 5.12. The zero-order valence-electron chi connectivity index (χ0n) is 17.2. The fourth-order valence-corrected chi connectivity index (χ4v) is 3.94. The number of anilines is 2. The Labute approximate surface area is 188 Å². The van der Waals surface area contributed by atoms with E-state index in [1.807, 2.05) is 6.07 Å². The summed E-state index contributed by atoms with van der Waals surface area (Å²) in [5.74, 6) is 0.649. The molecule has 0 aliphatic carbocycles. The van der Waals surface area contributed by atoms with E-state index in [2.05, 4.69) is 16.0 Å². The first-order valence-corrected chi connectivity index (χ1v) is 10.9. The van der Waals surface area contributed by atoms with Crippen molar-refractivity contribution in [2.45, 2.75) is 24.5 Å². The van der Waals surface area contributed by atoms with Gasteiger partial charge in [0.25, 0.3) is 11.8 Å². The Morgan fingerprint density at radius 3 is 2.78 bits per heavy atom. The van der Waals surface area contributed by atoms with Crippen molar-refractivity contribution < 1.29 is 23.5 Å². The van der Waals surface area contributed by atoms with Crippen molar-refractivity contribution in [2.24, 2.45) is 0 Å². The van der Waals surface area contributed by atoms with Crippen LogP contribution in [0.4, 0.5) is 11.4 Å². The molecule has 4 rings (SSSR count). The second-order valence-corrected chi connectivity index (χ2v) is 8.07. The van der Waals surface area contributed by atoms with Gasteiger partial charge in [-0.3, -0.25) is 14.4 Å². The van der Waals surface area contributed by atoms with Crippen molar-refractivity contribution in [1.29, 1.82) is 0 Å². The van der Waals surface area contributed by atoms with Crippen LogP contribution in [0.3, 0.4) is 0 Å². The highest BCUT2D eigenvalue weighted by Crippen LogP contribution is 2.32. The number of furan rings is 1. The SMILES string of the molecule is CC1Oc2ccc(NC(=O)c3ccccc3SCC(=O)NCc3ccco3)cc2NC1=O. The minimum absolute atomic E-state index is 0.158. The van der Waals surface area contributed by atoms with E-state index >= 15 is 0 Å². The zero-order chi connectivity index (χ0) is 22.5. The second kappa shape index (κ2) is 9.61. The molecule has 1 unspecified atom stereocenters. The standard InChI is InChI=1S/C23H21N3O5S/c1-14-22(28)26-18-11-15(8-9-19(18)31-14)25-23(29)17-6-2-3-7-20(17)32-13-21(27)24-12-16-5-4-10-30-16/h2-11,14H,12-13H2,1H3,(H,24,27)(H,25,29)(H,26,28). The highest BCUT2D eigenvalue weighted by Gasteiger charge is 2.24. The molecule has 3 amide bonds. The van der Waals surface area contributed by atoms with Gasteiger partial charge in [0.15, 0.2) is 6.10 Å². The topological polar surface area (TPSA) is 110 Å². The van der Waals surface area contributed by atoms with Crippen LogP contribution in [0.15, 0.2) is 70.2 Å². The van der Waals surface area contributed by atoms with Crippen molar-refractivity contribution in [3.8, 4) is 5.75 Å². The molecule has 9 heteroatoms. The van der Waals surface area contributed by atoms with Gasteiger partial charge < -0.3 is 25.1 Å². The number of hydrogen-bond acceptors (Lipinski definition) is 6. The molecule has 0 radical (unpaired) electrons. The number of thioether (sulfide) groups is 1. The van der Waals surface area contributed by atoms with E-state index in [-0.39, 0.29) is 23.5 Å². The van der Waals surface area contributed by atoms with E-state index in [9.17, 15) is 14.4 Å². The molecule has 1 atom stereocenters. The summed E-state index contributed by atoms with van der Waals surface area (Å²) in [6.45, 7) is 1.98. The minimum atomic E-state index is -0.567. The molecule has 32 heavy (non-hydrogen) atoms. The zero-order valence-corrected chi connectivity index (χ0v) is 18.0. The molecule has 8 nitrogen and oxygen atoms in total. The normalized spacial score (nSPS) is 14.7. The lowest BCUT2D eigenvalue weighted by atomic mass is 10.2. The average molecular weight is 452 g/mol. The number of amides is 3. The molecule has 3 N–H and O–H groups in total. The van der Waals surface area contributed by atoms with Gasteiger partial charge in [0.1, 0.15) is 11.5 Å². The van der Waals surface area contributed by atoms with Gasteiger partial charge >= 0.3 is 0 Å². The lowest BCUT2D eigenvalue weighted by molar-refractivity contribution is -0.122. The first kappa shape index (κ1) is 21.5. The summed E-state index contributed by atoms with van der Waals surface area (Å²) in [5, 5.41) is 8.37. The second-order valence-electron chi connectivity index (χ2n) is 7.06. The number of fused-ring (bicyclic) bond motifs is 1. The van der Waals surface area contributed by atoms with Gasteiger partial charge in [0.05, 0.1) is 29.8 Å². The van der Waals surface area contributed by atoms with Crippen molar-refractivity contribution in [3.05, 3.63) is 72.2 Å². The number of carbonyl (C=O) groups is 3. The largest absolute Gasteiger partial charge is 0.479 e. The summed E-state index contributed by atoms with van der Waals surface area (Å²) in [7, 11) is 0. The van der Waals surface area contributed by atoms with E-state index in [1.54, 1.807) is 61.7 Å². The molecule has 3 aromatic rings. The summed E-state index contributed by atoms with van der Waals surface area (Å²) in [5.41, 5.74) is 1.47.